The molecule has 2 heterocycles. The van der Waals surface area contributed by atoms with Crippen molar-refractivity contribution in [1.82, 2.24) is 10.2 Å². The lowest BCUT2D eigenvalue weighted by atomic mass is 9.84. The van der Waals surface area contributed by atoms with Crippen molar-refractivity contribution in [1.29, 1.82) is 0 Å². The van der Waals surface area contributed by atoms with Crippen LogP contribution in [0.5, 0.6) is 0 Å². The Kier molecular flexibility index (Phi) is 4.84. The molecule has 0 aromatic rings. The number of hydrogen-bond acceptors (Lipinski definition) is 3. The summed E-state index contributed by atoms with van der Waals surface area (Å²) in [6.07, 6.45) is 6.22. The molecular weight excluding hydrogens is 252 g/mol. The van der Waals surface area contributed by atoms with Crippen molar-refractivity contribution in [2.24, 2.45) is 5.41 Å². The third-order valence-electron chi connectivity index (χ3n) is 5.05. The van der Waals surface area contributed by atoms with Gasteiger partial charge in [0.15, 0.2) is 0 Å². The monoisotopic (exact) mass is 280 g/mol. The summed E-state index contributed by atoms with van der Waals surface area (Å²) >= 11 is 0. The summed E-state index contributed by atoms with van der Waals surface area (Å²) in [6, 6.07) is 0.789. The van der Waals surface area contributed by atoms with Gasteiger partial charge in [0.1, 0.15) is 0 Å². The Bertz CT molecular complexity index is 373. The zero-order valence-electron chi connectivity index (χ0n) is 13.1. The van der Waals surface area contributed by atoms with Crippen molar-refractivity contribution in [3.63, 3.8) is 0 Å². The number of likely N-dealkylation sites (tertiary alicyclic amines) is 1. The molecule has 2 rings (SSSR count). The van der Waals surface area contributed by atoms with Crippen molar-refractivity contribution in [3.8, 4) is 0 Å². The van der Waals surface area contributed by atoms with Crippen LogP contribution in [0.3, 0.4) is 0 Å². The van der Waals surface area contributed by atoms with Crippen molar-refractivity contribution in [2.75, 3.05) is 13.1 Å². The minimum absolute atomic E-state index is 0.216. The maximum Gasteiger partial charge on any atom is 0.290 e. The molecule has 0 aliphatic carbocycles. The van der Waals surface area contributed by atoms with Gasteiger partial charge in [0.2, 0.25) is 5.78 Å². The molecule has 1 unspecified atom stereocenters. The average Bonchev–Trinajstić information content (AvgIpc) is 3.09. The summed E-state index contributed by atoms with van der Waals surface area (Å²) in [5.74, 6) is -0.469. The smallest absolute Gasteiger partial charge is 0.290 e. The molecule has 0 aromatic heterocycles. The van der Waals surface area contributed by atoms with Gasteiger partial charge in [-0.2, -0.15) is 0 Å². The van der Waals surface area contributed by atoms with E-state index in [-0.39, 0.29) is 17.7 Å². The first kappa shape index (κ1) is 15.5. The quantitative estimate of drug-likeness (QED) is 0.785. The van der Waals surface area contributed by atoms with E-state index >= 15 is 0 Å². The van der Waals surface area contributed by atoms with Crippen LogP contribution in [0.1, 0.15) is 59.3 Å². The highest BCUT2D eigenvalue weighted by molar-refractivity contribution is 6.38. The number of amides is 1. The summed E-state index contributed by atoms with van der Waals surface area (Å²) in [5.41, 5.74) is -0.532. The van der Waals surface area contributed by atoms with Crippen molar-refractivity contribution < 1.29 is 9.59 Å². The minimum Gasteiger partial charge on any atom is -0.333 e. The molecule has 0 spiro atoms. The van der Waals surface area contributed by atoms with Crippen LogP contribution >= 0.6 is 0 Å². The predicted octanol–water partition coefficient (Wildman–Crippen LogP) is 2.12. The molecule has 114 valence electrons. The van der Waals surface area contributed by atoms with Gasteiger partial charge in [0.05, 0.1) is 0 Å². The highest BCUT2D eigenvalue weighted by Crippen LogP contribution is 2.28. The predicted molar refractivity (Wildman–Crippen MR) is 79.5 cm³/mol. The number of ketones is 1. The molecule has 2 saturated heterocycles. The molecular formula is C16H28N2O2. The van der Waals surface area contributed by atoms with Crippen LogP contribution in [0.2, 0.25) is 0 Å². The Balaban J connectivity index is 1.98. The molecule has 4 heteroatoms. The zero-order chi connectivity index (χ0) is 14.8. The van der Waals surface area contributed by atoms with Crippen LogP contribution in [0.15, 0.2) is 0 Å². The second-order valence-corrected chi connectivity index (χ2v) is 6.89. The number of carbonyl (C=O) groups excluding carboxylic acids is 2. The van der Waals surface area contributed by atoms with E-state index in [2.05, 4.69) is 5.32 Å². The van der Waals surface area contributed by atoms with E-state index in [0.717, 1.165) is 32.4 Å². The molecule has 0 aromatic carbocycles. The lowest BCUT2D eigenvalue weighted by molar-refractivity contribution is -0.150. The summed E-state index contributed by atoms with van der Waals surface area (Å²) in [5, 5.41) is 3.49. The second kappa shape index (κ2) is 6.25. The highest BCUT2D eigenvalue weighted by atomic mass is 16.2. The maximum atomic E-state index is 12.5. The fourth-order valence-corrected chi connectivity index (χ4v) is 3.21. The molecule has 1 N–H and O–H groups in total. The largest absolute Gasteiger partial charge is 0.333 e. The van der Waals surface area contributed by atoms with E-state index in [1.807, 2.05) is 25.7 Å². The second-order valence-electron chi connectivity index (χ2n) is 6.89. The molecule has 1 amide bonds. The molecule has 0 radical (unpaired) electrons. The van der Waals surface area contributed by atoms with Gasteiger partial charge >= 0.3 is 0 Å². The summed E-state index contributed by atoms with van der Waals surface area (Å²) in [7, 11) is 0. The van der Waals surface area contributed by atoms with Crippen LogP contribution in [0.4, 0.5) is 0 Å². The SMILES string of the molecule is CCC(C)(C)C(=O)C(=O)N1CCC[C@H]1CC1CCCN1. The number of hydrogen-bond donors (Lipinski definition) is 1. The number of nitrogens with zero attached hydrogens (tertiary/aromatic N) is 1. The van der Waals surface area contributed by atoms with Crippen molar-refractivity contribution in [3.05, 3.63) is 0 Å². The van der Waals surface area contributed by atoms with Gasteiger partial charge in [-0.05, 0) is 45.1 Å². The number of nitrogens with one attached hydrogen (secondary N) is 1. The Labute approximate surface area is 122 Å². The van der Waals surface area contributed by atoms with Gasteiger partial charge < -0.3 is 10.2 Å². The van der Waals surface area contributed by atoms with Crippen LogP contribution < -0.4 is 5.32 Å². The van der Waals surface area contributed by atoms with E-state index in [1.165, 1.54) is 12.8 Å². The summed E-state index contributed by atoms with van der Waals surface area (Å²) in [6.45, 7) is 7.55. The third kappa shape index (κ3) is 3.22. The summed E-state index contributed by atoms with van der Waals surface area (Å²) in [4.78, 5) is 26.7. The van der Waals surface area contributed by atoms with Gasteiger partial charge in [-0.1, -0.05) is 20.8 Å². The van der Waals surface area contributed by atoms with Gasteiger partial charge in [-0.15, -0.1) is 0 Å². The Morgan fingerprint density at radius 2 is 2.00 bits per heavy atom. The molecule has 4 nitrogen and oxygen atoms in total. The lowest BCUT2D eigenvalue weighted by Gasteiger charge is -2.29. The van der Waals surface area contributed by atoms with Crippen LogP contribution in [-0.4, -0.2) is 41.8 Å². The first-order chi connectivity index (χ1) is 9.45. The van der Waals surface area contributed by atoms with E-state index < -0.39 is 5.41 Å². The Morgan fingerprint density at radius 3 is 2.60 bits per heavy atom. The van der Waals surface area contributed by atoms with Crippen LogP contribution in [0, 0.1) is 5.41 Å². The maximum absolute atomic E-state index is 12.5. The molecule has 2 aliphatic heterocycles. The van der Waals surface area contributed by atoms with Gasteiger partial charge in [0, 0.05) is 24.0 Å². The Morgan fingerprint density at radius 1 is 1.25 bits per heavy atom. The Hall–Kier alpha value is -0.900. The van der Waals surface area contributed by atoms with E-state index in [1.54, 1.807) is 0 Å². The van der Waals surface area contributed by atoms with Gasteiger partial charge in [-0.25, -0.2) is 0 Å². The minimum atomic E-state index is -0.532. The van der Waals surface area contributed by atoms with Gasteiger partial charge in [0.25, 0.3) is 5.91 Å². The standard InChI is InChI=1S/C16H28N2O2/c1-4-16(2,3)14(19)15(20)18-10-6-8-13(18)11-12-7-5-9-17-12/h12-13,17H,4-11H2,1-3H3/t12?,13-/m0/s1. The first-order valence-corrected chi connectivity index (χ1v) is 8.04. The molecule has 20 heavy (non-hydrogen) atoms. The van der Waals surface area contributed by atoms with Crippen LogP contribution in [-0.2, 0) is 9.59 Å². The molecule has 0 bridgehead atoms. The molecule has 0 saturated carbocycles. The van der Waals surface area contributed by atoms with E-state index in [4.69, 9.17) is 0 Å². The van der Waals surface area contributed by atoms with Crippen molar-refractivity contribution in [2.45, 2.75) is 71.4 Å². The summed E-state index contributed by atoms with van der Waals surface area (Å²) < 4.78 is 0. The fourth-order valence-electron chi connectivity index (χ4n) is 3.21. The lowest BCUT2D eigenvalue weighted by Crippen LogP contribution is -2.46. The average molecular weight is 280 g/mol. The van der Waals surface area contributed by atoms with Crippen molar-refractivity contribution >= 4 is 11.7 Å². The van der Waals surface area contributed by atoms with E-state index in [0.29, 0.717) is 12.5 Å². The number of rotatable bonds is 5. The zero-order valence-corrected chi connectivity index (χ0v) is 13.1. The number of Topliss-reactive ketones (excluding diaryl/α,β-unsaturated/α-hetero) is 1. The molecule has 2 atom stereocenters. The highest BCUT2D eigenvalue weighted by Gasteiger charge is 2.39. The topological polar surface area (TPSA) is 49.4 Å². The van der Waals surface area contributed by atoms with E-state index in [9.17, 15) is 9.59 Å². The normalized spacial score (nSPS) is 27.1. The fraction of sp³-hybridized carbons (Fsp3) is 0.875. The first-order valence-electron chi connectivity index (χ1n) is 8.04. The van der Waals surface area contributed by atoms with Gasteiger partial charge in [-0.3, -0.25) is 9.59 Å². The third-order valence-corrected chi connectivity index (χ3v) is 5.05. The van der Waals surface area contributed by atoms with Crippen LogP contribution in [0.25, 0.3) is 0 Å². The molecule has 2 fully saturated rings. The molecule has 2 aliphatic rings. The number of carbonyl (C=O) groups is 2.